The molecular formula is C23H28N2O5S. The Labute approximate surface area is 183 Å². The van der Waals surface area contributed by atoms with Crippen molar-refractivity contribution in [1.29, 1.82) is 0 Å². The summed E-state index contributed by atoms with van der Waals surface area (Å²) in [5, 5.41) is 14.0. The minimum absolute atomic E-state index is 0.0823. The molecule has 1 fully saturated rings. The van der Waals surface area contributed by atoms with E-state index in [2.05, 4.69) is 5.32 Å². The average Bonchev–Trinajstić information content (AvgIpc) is 3.33. The van der Waals surface area contributed by atoms with Crippen molar-refractivity contribution in [3.63, 3.8) is 0 Å². The topological polar surface area (TPSA) is 95.9 Å². The SMILES string of the molecule is COc1ccc2c(c1)CCCC2(O)CNC(=O)c1ccc(S(=O)(=O)N2CCCC2)cc1. The Morgan fingerprint density at radius 3 is 2.52 bits per heavy atom. The van der Waals surface area contributed by atoms with Gasteiger partial charge in [-0.2, -0.15) is 4.31 Å². The summed E-state index contributed by atoms with van der Waals surface area (Å²) in [6, 6.07) is 11.6. The molecule has 1 saturated heterocycles. The predicted molar refractivity (Wildman–Crippen MR) is 117 cm³/mol. The van der Waals surface area contributed by atoms with Crippen LogP contribution in [-0.2, 0) is 22.0 Å². The first-order valence-electron chi connectivity index (χ1n) is 10.6. The van der Waals surface area contributed by atoms with E-state index >= 15 is 0 Å². The molecule has 4 rings (SSSR count). The number of fused-ring (bicyclic) bond motifs is 1. The number of aryl methyl sites for hydroxylation is 1. The molecule has 2 N–H and O–H groups in total. The van der Waals surface area contributed by atoms with E-state index in [9.17, 15) is 18.3 Å². The van der Waals surface area contributed by atoms with Crippen molar-refractivity contribution < 1.29 is 23.1 Å². The molecule has 0 saturated carbocycles. The van der Waals surface area contributed by atoms with Crippen LogP contribution in [0.5, 0.6) is 5.75 Å². The molecule has 1 amide bonds. The Morgan fingerprint density at radius 1 is 1.13 bits per heavy atom. The van der Waals surface area contributed by atoms with Gasteiger partial charge in [-0.1, -0.05) is 6.07 Å². The van der Waals surface area contributed by atoms with Crippen LogP contribution in [0.4, 0.5) is 0 Å². The molecule has 7 nitrogen and oxygen atoms in total. The minimum atomic E-state index is -3.51. The van der Waals surface area contributed by atoms with Crippen LogP contribution in [0.3, 0.4) is 0 Å². The molecule has 0 bridgehead atoms. The molecule has 0 spiro atoms. The van der Waals surface area contributed by atoms with Gasteiger partial charge < -0.3 is 15.2 Å². The van der Waals surface area contributed by atoms with E-state index in [1.807, 2.05) is 18.2 Å². The molecule has 31 heavy (non-hydrogen) atoms. The third kappa shape index (κ3) is 4.33. The Kier molecular flexibility index (Phi) is 6.05. The highest BCUT2D eigenvalue weighted by Gasteiger charge is 2.35. The molecule has 2 aliphatic rings. The van der Waals surface area contributed by atoms with Crippen molar-refractivity contribution in [2.75, 3.05) is 26.7 Å². The summed E-state index contributed by atoms with van der Waals surface area (Å²) in [6.07, 6.45) is 3.97. The van der Waals surface area contributed by atoms with Gasteiger partial charge in [0.05, 0.1) is 18.6 Å². The summed E-state index contributed by atoms with van der Waals surface area (Å²) in [5.74, 6) is 0.398. The first kappa shape index (κ1) is 21.8. The van der Waals surface area contributed by atoms with E-state index in [4.69, 9.17) is 4.74 Å². The van der Waals surface area contributed by atoms with E-state index in [0.717, 1.165) is 42.6 Å². The van der Waals surface area contributed by atoms with Gasteiger partial charge in [0.25, 0.3) is 5.91 Å². The fraction of sp³-hybridized carbons (Fsp3) is 0.435. The summed E-state index contributed by atoms with van der Waals surface area (Å²) in [4.78, 5) is 12.9. The molecule has 0 aromatic heterocycles. The lowest BCUT2D eigenvalue weighted by molar-refractivity contribution is 0.0189. The Balaban J connectivity index is 1.45. The van der Waals surface area contributed by atoms with Gasteiger partial charge in [0.2, 0.25) is 10.0 Å². The molecule has 1 unspecified atom stereocenters. The quantitative estimate of drug-likeness (QED) is 0.714. The van der Waals surface area contributed by atoms with E-state index in [1.165, 1.54) is 28.6 Å². The van der Waals surface area contributed by atoms with Gasteiger partial charge in [0, 0.05) is 18.7 Å². The lowest BCUT2D eigenvalue weighted by Gasteiger charge is -2.35. The summed E-state index contributed by atoms with van der Waals surface area (Å²) in [6.45, 7) is 1.16. The number of methoxy groups -OCH3 is 1. The lowest BCUT2D eigenvalue weighted by Crippen LogP contribution is -2.43. The van der Waals surface area contributed by atoms with Crippen molar-refractivity contribution in [2.45, 2.75) is 42.6 Å². The fourth-order valence-electron chi connectivity index (χ4n) is 4.43. The van der Waals surface area contributed by atoms with Gasteiger partial charge in [-0.25, -0.2) is 8.42 Å². The zero-order chi connectivity index (χ0) is 22.1. The van der Waals surface area contributed by atoms with Gasteiger partial charge in [-0.15, -0.1) is 0 Å². The Morgan fingerprint density at radius 2 is 1.84 bits per heavy atom. The highest BCUT2D eigenvalue weighted by atomic mass is 32.2. The average molecular weight is 445 g/mol. The fourth-order valence-corrected chi connectivity index (χ4v) is 5.95. The molecule has 166 valence electrons. The lowest BCUT2D eigenvalue weighted by atomic mass is 9.79. The maximum Gasteiger partial charge on any atom is 0.251 e. The highest BCUT2D eigenvalue weighted by molar-refractivity contribution is 7.89. The molecule has 1 heterocycles. The van der Waals surface area contributed by atoms with E-state index < -0.39 is 15.6 Å². The highest BCUT2D eigenvalue weighted by Crippen LogP contribution is 2.36. The Bertz CT molecular complexity index is 1060. The van der Waals surface area contributed by atoms with Crippen molar-refractivity contribution in [3.8, 4) is 5.75 Å². The Hall–Kier alpha value is -2.42. The standard InChI is InChI=1S/C23H28N2O5S/c1-30-19-8-11-21-18(15-19)5-4-12-23(21,27)16-24-22(26)17-6-9-20(10-7-17)31(28,29)25-13-2-3-14-25/h6-11,15,27H,2-5,12-14,16H2,1H3,(H,24,26). The van der Waals surface area contributed by atoms with Gasteiger partial charge in [0.1, 0.15) is 11.4 Å². The number of nitrogens with zero attached hydrogens (tertiary/aromatic N) is 1. The summed E-state index contributed by atoms with van der Waals surface area (Å²) in [5.41, 5.74) is 1.05. The normalized spacial score (nSPS) is 21.5. The van der Waals surface area contributed by atoms with E-state index in [0.29, 0.717) is 25.1 Å². The number of carbonyl (C=O) groups excluding carboxylic acids is 1. The van der Waals surface area contributed by atoms with E-state index in [-0.39, 0.29) is 17.3 Å². The largest absolute Gasteiger partial charge is 0.497 e. The van der Waals surface area contributed by atoms with Crippen LogP contribution in [0, 0.1) is 0 Å². The van der Waals surface area contributed by atoms with Crippen LogP contribution in [0.1, 0.15) is 47.2 Å². The summed E-state index contributed by atoms with van der Waals surface area (Å²) in [7, 11) is -1.90. The first-order valence-corrected chi connectivity index (χ1v) is 12.1. The monoisotopic (exact) mass is 444 g/mol. The van der Waals surface area contributed by atoms with Crippen LogP contribution in [0.15, 0.2) is 47.4 Å². The number of amides is 1. The second-order valence-corrected chi connectivity index (χ2v) is 10.2. The number of hydrogen-bond donors (Lipinski definition) is 2. The smallest absolute Gasteiger partial charge is 0.251 e. The summed E-state index contributed by atoms with van der Waals surface area (Å²) >= 11 is 0. The summed E-state index contributed by atoms with van der Waals surface area (Å²) < 4.78 is 32.0. The third-order valence-electron chi connectivity index (χ3n) is 6.21. The minimum Gasteiger partial charge on any atom is -0.497 e. The maximum atomic E-state index is 12.7. The van der Waals surface area contributed by atoms with Crippen molar-refractivity contribution in [1.82, 2.24) is 9.62 Å². The first-order chi connectivity index (χ1) is 14.8. The van der Waals surface area contributed by atoms with Crippen molar-refractivity contribution >= 4 is 15.9 Å². The number of ether oxygens (including phenoxy) is 1. The number of benzene rings is 2. The van der Waals surface area contributed by atoms with Gasteiger partial charge in [0.15, 0.2) is 0 Å². The molecular weight excluding hydrogens is 416 g/mol. The number of rotatable bonds is 6. The van der Waals surface area contributed by atoms with Crippen LogP contribution < -0.4 is 10.1 Å². The van der Waals surface area contributed by atoms with Crippen LogP contribution in [-0.4, -0.2) is 50.5 Å². The molecule has 8 heteroatoms. The molecule has 1 atom stereocenters. The van der Waals surface area contributed by atoms with Gasteiger partial charge >= 0.3 is 0 Å². The number of aliphatic hydroxyl groups is 1. The molecule has 1 aliphatic carbocycles. The number of nitrogens with one attached hydrogen (secondary N) is 1. The zero-order valence-electron chi connectivity index (χ0n) is 17.6. The zero-order valence-corrected chi connectivity index (χ0v) is 18.5. The number of carbonyl (C=O) groups is 1. The number of sulfonamides is 1. The molecule has 2 aromatic rings. The van der Waals surface area contributed by atoms with Crippen LogP contribution in [0.25, 0.3) is 0 Å². The van der Waals surface area contributed by atoms with Crippen LogP contribution in [0.2, 0.25) is 0 Å². The van der Waals surface area contributed by atoms with Crippen molar-refractivity contribution in [3.05, 3.63) is 59.2 Å². The molecule has 2 aromatic carbocycles. The van der Waals surface area contributed by atoms with Gasteiger partial charge in [-0.05, 0) is 79.6 Å². The maximum absolute atomic E-state index is 12.7. The van der Waals surface area contributed by atoms with E-state index in [1.54, 1.807) is 7.11 Å². The predicted octanol–water partition coefficient (Wildman–Crippen LogP) is 2.43. The second-order valence-electron chi connectivity index (χ2n) is 8.23. The van der Waals surface area contributed by atoms with Gasteiger partial charge in [-0.3, -0.25) is 4.79 Å². The van der Waals surface area contributed by atoms with Crippen molar-refractivity contribution in [2.24, 2.45) is 0 Å². The third-order valence-corrected chi connectivity index (χ3v) is 8.12. The van der Waals surface area contributed by atoms with Crippen LogP contribution >= 0.6 is 0 Å². The second kappa shape index (κ2) is 8.61. The molecule has 1 aliphatic heterocycles. The molecule has 0 radical (unpaired) electrons. The number of hydrogen-bond acceptors (Lipinski definition) is 5.